The van der Waals surface area contributed by atoms with Gasteiger partial charge < -0.3 is 14.8 Å². The topological polar surface area (TPSA) is 64.6 Å². The molecule has 0 bridgehead atoms. The summed E-state index contributed by atoms with van der Waals surface area (Å²) in [7, 11) is 1.51. The molecule has 5 heteroatoms. The number of methoxy groups -OCH3 is 1. The monoisotopic (exact) mass is 313 g/mol. The van der Waals surface area contributed by atoms with Crippen LogP contribution in [0.2, 0.25) is 0 Å². The van der Waals surface area contributed by atoms with Crippen molar-refractivity contribution < 1.29 is 19.1 Å². The van der Waals surface area contributed by atoms with Gasteiger partial charge >= 0.3 is 0 Å². The highest BCUT2D eigenvalue weighted by Gasteiger charge is 2.09. The third-order valence-corrected chi connectivity index (χ3v) is 3.23. The predicted octanol–water partition coefficient (Wildman–Crippen LogP) is 3.09. The van der Waals surface area contributed by atoms with Crippen LogP contribution < -0.4 is 14.8 Å². The molecule has 0 aliphatic heterocycles. The molecule has 0 heterocycles. The fourth-order valence-electron chi connectivity index (χ4n) is 2.15. The molecule has 0 saturated carbocycles. The maximum absolute atomic E-state index is 12.2. The Kier molecular flexibility index (Phi) is 5.74. The minimum atomic E-state index is -0.185. The van der Waals surface area contributed by atoms with E-state index >= 15 is 0 Å². The lowest BCUT2D eigenvalue weighted by Gasteiger charge is -2.11. The fraction of sp³-hybridized carbons (Fsp3) is 0.222. The largest absolute Gasteiger partial charge is 0.495 e. The number of amides is 1. The SMILES string of the molecule is CCOc1ccc(CC(=O)Nc2cc(C=O)ccc2OC)cc1. The van der Waals surface area contributed by atoms with Crippen molar-refractivity contribution in [2.75, 3.05) is 19.0 Å². The van der Waals surface area contributed by atoms with E-state index in [1.165, 1.54) is 7.11 Å². The van der Waals surface area contributed by atoms with Gasteiger partial charge in [0.05, 0.1) is 25.8 Å². The van der Waals surface area contributed by atoms with E-state index < -0.39 is 0 Å². The van der Waals surface area contributed by atoms with Crippen LogP contribution in [0.4, 0.5) is 5.69 Å². The van der Waals surface area contributed by atoms with E-state index in [0.717, 1.165) is 17.6 Å². The summed E-state index contributed by atoms with van der Waals surface area (Å²) in [6.45, 7) is 2.52. The molecule has 1 amide bonds. The number of nitrogens with one attached hydrogen (secondary N) is 1. The van der Waals surface area contributed by atoms with E-state index in [1.54, 1.807) is 18.2 Å². The first-order valence-corrected chi connectivity index (χ1v) is 7.31. The number of ether oxygens (including phenoxy) is 2. The zero-order valence-corrected chi connectivity index (χ0v) is 13.2. The fourth-order valence-corrected chi connectivity index (χ4v) is 2.15. The van der Waals surface area contributed by atoms with Crippen LogP contribution >= 0.6 is 0 Å². The zero-order valence-electron chi connectivity index (χ0n) is 13.2. The van der Waals surface area contributed by atoms with Gasteiger partial charge in [0.1, 0.15) is 17.8 Å². The number of carbonyl (C=O) groups is 2. The summed E-state index contributed by atoms with van der Waals surface area (Å²) < 4.78 is 10.6. The van der Waals surface area contributed by atoms with Gasteiger partial charge in [-0.1, -0.05) is 12.1 Å². The normalized spacial score (nSPS) is 10.0. The first kappa shape index (κ1) is 16.5. The Morgan fingerprint density at radius 2 is 1.91 bits per heavy atom. The molecule has 0 spiro atoms. The molecule has 0 aromatic heterocycles. The van der Waals surface area contributed by atoms with Crippen molar-refractivity contribution in [2.24, 2.45) is 0 Å². The number of hydrogen-bond donors (Lipinski definition) is 1. The van der Waals surface area contributed by atoms with Crippen LogP contribution in [-0.2, 0) is 11.2 Å². The molecule has 0 fully saturated rings. The second-order valence-electron chi connectivity index (χ2n) is 4.88. The summed E-state index contributed by atoms with van der Waals surface area (Å²) in [5.41, 5.74) is 1.83. The number of aldehydes is 1. The number of rotatable bonds is 7. The van der Waals surface area contributed by atoms with Gasteiger partial charge in [-0.3, -0.25) is 9.59 Å². The van der Waals surface area contributed by atoms with Crippen LogP contribution in [0, 0.1) is 0 Å². The summed E-state index contributed by atoms with van der Waals surface area (Å²) in [6.07, 6.45) is 0.947. The lowest BCUT2D eigenvalue weighted by Crippen LogP contribution is -2.15. The van der Waals surface area contributed by atoms with Crippen LogP contribution in [0.3, 0.4) is 0 Å². The average Bonchev–Trinajstić information content (AvgIpc) is 2.56. The number of benzene rings is 2. The molecular weight excluding hydrogens is 294 g/mol. The van der Waals surface area contributed by atoms with Gasteiger partial charge in [0.25, 0.3) is 0 Å². The van der Waals surface area contributed by atoms with E-state index in [4.69, 9.17) is 9.47 Å². The Hall–Kier alpha value is -2.82. The van der Waals surface area contributed by atoms with Gasteiger partial charge in [-0.25, -0.2) is 0 Å². The molecule has 2 aromatic rings. The van der Waals surface area contributed by atoms with E-state index in [0.29, 0.717) is 23.6 Å². The van der Waals surface area contributed by atoms with Crippen LogP contribution in [0.5, 0.6) is 11.5 Å². The minimum Gasteiger partial charge on any atom is -0.495 e. The van der Waals surface area contributed by atoms with Crippen molar-refractivity contribution in [3.8, 4) is 11.5 Å². The molecule has 0 saturated heterocycles. The summed E-state index contributed by atoms with van der Waals surface area (Å²) in [5, 5.41) is 2.77. The molecule has 0 atom stereocenters. The molecule has 2 aromatic carbocycles. The van der Waals surface area contributed by atoms with E-state index in [9.17, 15) is 9.59 Å². The molecule has 2 rings (SSSR count). The van der Waals surface area contributed by atoms with Gasteiger partial charge in [-0.15, -0.1) is 0 Å². The first-order chi connectivity index (χ1) is 11.2. The van der Waals surface area contributed by atoms with Crippen LogP contribution in [0.1, 0.15) is 22.8 Å². The highest BCUT2D eigenvalue weighted by molar-refractivity contribution is 5.94. The standard InChI is InChI=1S/C18H19NO4/c1-3-23-15-7-4-13(5-8-15)11-18(21)19-16-10-14(12-20)6-9-17(16)22-2/h4-10,12H,3,11H2,1-2H3,(H,19,21). The Morgan fingerprint density at radius 3 is 2.52 bits per heavy atom. The maximum Gasteiger partial charge on any atom is 0.228 e. The van der Waals surface area contributed by atoms with Crippen molar-refractivity contribution in [1.29, 1.82) is 0 Å². The quantitative estimate of drug-likeness (QED) is 0.798. The molecule has 0 radical (unpaired) electrons. The predicted molar refractivity (Wildman–Crippen MR) is 88.3 cm³/mol. The van der Waals surface area contributed by atoms with Gasteiger partial charge in [-0.05, 0) is 42.8 Å². The Bertz CT molecular complexity index is 680. The number of anilines is 1. The van der Waals surface area contributed by atoms with Gasteiger partial charge in [0.15, 0.2) is 0 Å². The Labute approximate surface area is 135 Å². The summed E-state index contributed by atoms with van der Waals surface area (Å²) >= 11 is 0. The number of carbonyl (C=O) groups excluding carboxylic acids is 2. The molecule has 120 valence electrons. The second-order valence-corrected chi connectivity index (χ2v) is 4.88. The highest BCUT2D eigenvalue weighted by Crippen LogP contribution is 2.25. The third kappa shape index (κ3) is 4.57. The second kappa shape index (κ2) is 7.98. The van der Waals surface area contributed by atoms with Crippen LogP contribution in [0.15, 0.2) is 42.5 Å². The molecule has 0 aliphatic carbocycles. The van der Waals surface area contributed by atoms with E-state index in [2.05, 4.69) is 5.32 Å². The van der Waals surface area contributed by atoms with Gasteiger partial charge in [0, 0.05) is 5.56 Å². The van der Waals surface area contributed by atoms with Crippen molar-refractivity contribution in [3.63, 3.8) is 0 Å². The smallest absolute Gasteiger partial charge is 0.228 e. The molecule has 0 unspecified atom stereocenters. The van der Waals surface area contributed by atoms with Gasteiger partial charge in [0.2, 0.25) is 5.91 Å². The lowest BCUT2D eigenvalue weighted by atomic mass is 10.1. The molecule has 23 heavy (non-hydrogen) atoms. The first-order valence-electron chi connectivity index (χ1n) is 7.31. The van der Waals surface area contributed by atoms with E-state index in [1.807, 2.05) is 31.2 Å². The average molecular weight is 313 g/mol. The number of hydrogen-bond acceptors (Lipinski definition) is 4. The van der Waals surface area contributed by atoms with Crippen molar-refractivity contribution >= 4 is 17.9 Å². The van der Waals surface area contributed by atoms with Gasteiger partial charge in [-0.2, -0.15) is 0 Å². The van der Waals surface area contributed by atoms with Crippen LogP contribution in [-0.4, -0.2) is 25.9 Å². The maximum atomic E-state index is 12.2. The minimum absolute atomic E-state index is 0.185. The van der Waals surface area contributed by atoms with E-state index in [-0.39, 0.29) is 12.3 Å². The Balaban J connectivity index is 2.05. The van der Waals surface area contributed by atoms with Crippen LogP contribution in [0.25, 0.3) is 0 Å². The Morgan fingerprint density at radius 1 is 1.17 bits per heavy atom. The van der Waals surface area contributed by atoms with Crippen molar-refractivity contribution in [1.82, 2.24) is 0 Å². The summed E-state index contributed by atoms with van der Waals surface area (Å²) in [6, 6.07) is 12.2. The molecule has 0 aliphatic rings. The summed E-state index contributed by atoms with van der Waals surface area (Å²) in [5.74, 6) is 1.10. The lowest BCUT2D eigenvalue weighted by molar-refractivity contribution is -0.115. The molecular formula is C18H19NO4. The highest BCUT2D eigenvalue weighted by atomic mass is 16.5. The summed E-state index contributed by atoms with van der Waals surface area (Å²) in [4.78, 5) is 23.0. The zero-order chi connectivity index (χ0) is 16.7. The molecule has 1 N–H and O–H groups in total. The third-order valence-electron chi connectivity index (χ3n) is 3.23. The van der Waals surface area contributed by atoms with Crippen molar-refractivity contribution in [2.45, 2.75) is 13.3 Å². The molecule has 5 nitrogen and oxygen atoms in total. The van der Waals surface area contributed by atoms with Crippen molar-refractivity contribution in [3.05, 3.63) is 53.6 Å².